The largest absolute Gasteiger partial charge is 0.466 e. The van der Waals surface area contributed by atoms with Gasteiger partial charge in [0.05, 0.1) is 22.7 Å². The molecule has 0 bridgehead atoms. The quantitative estimate of drug-likeness (QED) is 0.273. The van der Waals surface area contributed by atoms with Crippen LogP contribution < -0.4 is 4.74 Å². The molecule has 0 amide bonds. The van der Waals surface area contributed by atoms with E-state index in [1.165, 1.54) is 31.4 Å². The van der Waals surface area contributed by atoms with E-state index in [4.69, 9.17) is 51.1 Å². The molecule has 0 N–H and O–H groups in total. The van der Waals surface area contributed by atoms with Gasteiger partial charge in [0.15, 0.2) is 5.75 Å². The average Bonchev–Trinajstić information content (AvgIpc) is 2.60. The molecule has 0 radical (unpaired) electrons. The minimum Gasteiger partial charge on any atom is -0.466 e. The lowest BCUT2D eigenvalue weighted by atomic mass is 10.2. The summed E-state index contributed by atoms with van der Waals surface area (Å²) in [7, 11) is 1.21. The van der Waals surface area contributed by atoms with Crippen LogP contribution in [0.1, 0.15) is 11.1 Å². The molecular weight excluding hydrogens is 451 g/mol. The molecule has 0 saturated heterocycles. The molecule has 0 fully saturated rings. The number of hydrogen-bond donors (Lipinski definition) is 0. The average molecular weight is 460 g/mol. The van der Waals surface area contributed by atoms with Crippen LogP contribution in [0.2, 0.25) is 20.1 Å². The number of carbonyl (C=O) groups excluding carboxylic acids is 1. The Morgan fingerprint density at radius 1 is 1.04 bits per heavy atom. The highest BCUT2D eigenvalue weighted by atomic mass is 35.5. The molecule has 144 valence electrons. The smallest absolute Gasteiger partial charge is 0.417 e. The number of carbonyl (C=O) groups is 1. The SMILES string of the molecule is COC(=O)C=Cc1cc(Oc2c(Cl)cc(C(F)(F)F)c(Cl)c2Cl)ccc1Cl. The second kappa shape index (κ2) is 8.61. The fourth-order valence-corrected chi connectivity index (χ4v) is 2.90. The molecule has 2 aromatic rings. The lowest BCUT2D eigenvalue weighted by Gasteiger charge is -2.15. The molecule has 10 heteroatoms. The number of rotatable bonds is 4. The normalized spacial score (nSPS) is 11.7. The Morgan fingerprint density at radius 2 is 1.70 bits per heavy atom. The van der Waals surface area contributed by atoms with Crippen LogP contribution in [0.3, 0.4) is 0 Å². The molecule has 0 spiro atoms. The maximum atomic E-state index is 12.9. The Hall–Kier alpha value is -1.60. The van der Waals surface area contributed by atoms with Gasteiger partial charge in [0.1, 0.15) is 10.8 Å². The highest BCUT2D eigenvalue weighted by Gasteiger charge is 2.36. The summed E-state index contributed by atoms with van der Waals surface area (Å²) in [6.45, 7) is 0. The molecule has 0 aromatic heterocycles. The van der Waals surface area contributed by atoms with Crippen molar-refractivity contribution in [3.63, 3.8) is 0 Å². The highest BCUT2D eigenvalue weighted by Crippen LogP contribution is 2.47. The van der Waals surface area contributed by atoms with Gasteiger partial charge in [-0.05, 0) is 35.9 Å². The fourth-order valence-electron chi connectivity index (χ4n) is 1.93. The molecule has 0 saturated carbocycles. The number of esters is 1. The van der Waals surface area contributed by atoms with Crippen molar-refractivity contribution in [3.05, 3.63) is 61.6 Å². The summed E-state index contributed by atoms with van der Waals surface area (Å²) in [6.07, 6.45) is -2.21. The number of hydrogen-bond acceptors (Lipinski definition) is 3. The molecule has 0 aliphatic heterocycles. The molecular formula is C17H9Cl4F3O3. The molecule has 0 aliphatic carbocycles. The number of methoxy groups -OCH3 is 1. The molecule has 0 unspecified atom stereocenters. The second-order valence-electron chi connectivity index (χ2n) is 5.00. The van der Waals surface area contributed by atoms with Crippen LogP contribution in [0.25, 0.3) is 6.08 Å². The van der Waals surface area contributed by atoms with E-state index in [9.17, 15) is 18.0 Å². The first-order valence-electron chi connectivity index (χ1n) is 7.02. The van der Waals surface area contributed by atoms with Crippen molar-refractivity contribution in [2.24, 2.45) is 0 Å². The fraction of sp³-hybridized carbons (Fsp3) is 0.118. The standard InChI is InChI=1S/C17H9Cl4F3O3/c1-26-13(25)5-2-8-6-9(3-4-11(8)18)27-16-12(19)7-10(17(22,23)24)14(20)15(16)21/h2-7H,1H3. The molecule has 0 aliphatic rings. The van der Waals surface area contributed by atoms with Gasteiger partial charge in [-0.15, -0.1) is 0 Å². The minimum atomic E-state index is -4.73. The highest BCUT2D eigenvalue weighted by molar-refractivity contribution is 6.45. The van der Waals surface area contributed by atoms with Crippen molar-refractivity contribution in [3.8, 4) is 11.5 Å². The summed E-state index contributed by atoms with van der Waals surface area (Å²) >= 11 is 23.5. The number of alkyl halides is 3. The second-order valence-corrected chi connectivity index (χ2v) is 6.57. The van der Waals surface area contributed by atoms with Crippen LogP contribution >= 0.6 is 46.4 Å². The monoisotopic (exact) mass is 458 g/mol. The number of benzene rings is 2. The summed E-state index contributed by atoms with van der Waals surface area (Å²) in [5.41, 5.74) is -0.783. The Morgan fingerprint density at radius 3 is 2.30 bits per heavy atom. The Labute approximate surface area is 172 Å². The van der Waals surface area contributed by atoms with E-state index in [1.807, 2.05) is 0 Å². The summed E-state index contributed by atoms with van der Waals surface area (Å²) in [5.74, 6) is -0.692. The van der Waals surface area contributed by atoms with Gasteiger partial charge in [0.25, 0.3) is 0 Å². The van der Waals surface area contributed by atoms with Gasteiger partial charge >= 0.3 is 12.1 Å². The zero-order valence-electron chi connectivity index (χ0n) is 13.3. The third-order valence-corrected chi connectivity index (χ3v) is 4.68. The van der Waals surface area contributed by atoms with E-state index in [2.05, 4.69) is 4.74 Å². The van der Waals surface area contributed by atoms with Crippen molar-refractivity contribution >= 4 is 58.4 Å². The van der Waals surface area contributed by atoms with E-state index in [0.29, 0.717) is 16.7 Å². The summed E-state index contributed by atoms with van der Waals surface area (Å²) < 4.78 is 48.8. The van der Waals surface area contributed by atoms with Gasteiger partial charge in [0, 0.05) is 11.1 Å². The molecule has 2 rings (SSSR count). The molecule has 0 heterocycles. The van der Waals surface area contributed by atoms with Crippen LogP contribution in [-0.4, -0.2) is 13.1 Å². The summed E-state index contributed by atoms with van der Waals surface area (Å²) in [5, 5.41) is -1.30. The van der Waals surface area contributed by atoms with E-state index in [0.717, 1.165) is 6.08 Å². The van der Waals surface area contributed by atoms with E-state index < -0.39 is 27.8 Å². The number of ether oxygens (including phenoxy) is 2. The Balaban J connectivity index is 2.42. The van der Waals surface area contributed by atoms with Crippen LogP contribution in [0.5, 0.6) is 11.5 Å². The predicted octanol–water partition coefficient (Wildman–Crippen LogP) is 7.30. The van der Waals surface area contributed by atoms with Crippen molar-refractivity contribution in [1.82, 2.24) is 0 Å². The van der Waals surface area contributed by atoms with Gasteiger partial charge < -0.3 is 9.47 Å². The topological polar surface area (TPSA) is 35.5 Å². The van der Waals surface area contributed by atoms with Crippen LogP contribution in [0.15, 0.2) is 30.3 Å². The third kappa shape index (κ3) is 5.23. The Kier molecular flexibility index (Phi) is 6.92. The van der Waals surface area contributed by atoms with Crippen molar-refractivity contribution < 1.29 is 27.4 Å². The zero-order chi connectivity index (χ0) is 20.4. The minimum absolute atomic E-state index is 0.156. The van der Waals surface area contributed by atoms with Crippen LogP contribution in [-0.2, 0) is 15.7 Å². The van der Waals surface area contributed by atoms with Gasteiger partial charge in [-0.2, -0.15) is 13.2 Å². The van der Waals surface area contributed by atoms with E-state index in [-0.39, 0.29) is 16.5 Å². The molecule has 27 heavy (non-hydrogen) atoms. The first-order chi connectivity index (χ1) is 12.5. The third-order valence-electron chi connectivity index (χ3n) is 3.21. The molecule has 2 aromatic carbocycles. The first-order valence-corrected chi connectivity index (χ1v) is 8.54. The van der Waals surface area contributed by atoms with Crippen molar-refractivity contribution in [2.75, 3.05) is 7.11 Å². The number of halogens is 7. The first kappa shape index (κ1) is 21.7. The van der Waals surface area contributed by atoms with Gasteiger partial charge in [-0.25, -0.2) is 4.79 Å². The molecule has 0 atom stereocenters. The maximum absolute atomic E-state index is 12.9. The van der Waals surface area contributed by atoms with Crippen molar-refractivity contribution in [2.45, 2.75) is 6.18 Å². The lowest BCUT2D eigenvalue weighted by molar-refractivity contribution is -0.137. The lowest BCUT2D eigenvalue weighted by Crippen LogP contribution is -2.06. The van der Waals surface area contributed by atoms with Gasteiger partial charge in [0.2, 0.25) is 0 Å². The maximum Gasteiger partial charge on any atom is 0.417 e. The van der Waals surface area contributed by atoms with Gasteiger partial charge in [-0.3, -0.25) is 0 Å². The van der Waals surface area contributed by atoms with E-state index >= 15 is 0 Å². The van der Waals surface area contributed by atoms with Crippen molar-refractivity contribution in [1.29, 1.82) is 0 Å². The van der Waals surface area contributed by atoms with Crippen LogP contribution in [0, 0.1) is 0 Å². The zero-order valence-corrected chi connectivity index (χ0v) is 16.4. The summed E-state index contributed by atoms with van der Waals surface area (Å²) in [6, 6.07) is 4.95. The summed E-state index contributed by atoms with van der Waals surface area (Å²) in [4.78, 5) is 11.2. The predicted molar refractivity (Wildman–Crippen MR) is 99.0 cm³/mol. The Bertz CT molecular complexity index is 911. The van der Waals surface area contributed by atoms with E-state index in [1.54, 1.807) is 0 Å². The molecule has 3 nitrogen and oxygen atoms in total. The van der Waals surface area contributed by atoms with Gasteiger partial charge in [-0.1, -0.05) is 46.4 Å². The van der Waals surface area contributed by atoms with Crippen LogP contribution in [0.4, 0.5) is 13.2 Å².